The second-order valence-electron chi connectivity index (χ2n) is 7.31. The molecule has 3 nitrogen and oxygen atoms in total. The maximum atomic E-state index is 5.99. The number of rotatable bonds is 8. The van der Waals surface area contributed by atoms with Crippen molar-refractivity contribution in [2.45, 2.75) is 25.8 Å². The van der Waals surface area contributed by atoms with Gasteiger partial charge >= 0.3 is 0 Å². The lowest BCUT2D eigenvalue weighted by Gasteiger charge is -2.15. The smallest absolute Gasteiger partial charge is 0.119 e. The number of benzene rings is 3. The number of methoxy groups -OCH3 is 1. The Kier molecular flexibility index (Phi) is 5.63. The van der Waals surface area contributed by atoms with E-state index in [9.17, 15) is 0 Å². The monoisotopic (exact) mass is 373 g/mol. The minimum absolute atomic E-state index is 0.286. The van der Waals surface area contributed by atoms with Crippen LogP contribution in [0, 0.1) is 0 Å². The highest BCUT2D eigenvalue weighted by Gasteiger charge is 2.18. The maximum Gasteiger partial charge on any atom is 0.119 e. The largest absolute Gasteiger partial charge is 0.497 e. The average Bonchev–Trinajstić information content (AvgIpc) is 3.11. The van der Waals surface area contributed by atoms with Crippen LogP contribution >= 0.6 is 0 Å². The van der Waals surface area contributed by atoms with Crippen molar-refractivity contribution in [3.05, 3.63) is 83.4 Å². The number of ether oxygens (including phenoxy) is 2. The van der Waals surface area contributed by atoms with Gasteiger partial charge in [-0.3, -0.25) is 0 Å². The van der Waals surface area contributed by atoms with E-state index in [0.29, 0.717) is 6.61 Å². The van der Waals surface area contributed by atoms with Crippen LogP contribution in [0.2, 0.25) is 0 Å². The van der Waals surface area contributed by atoms with E-state index in [1.54, 1.807) is 7.11 Å². The molecule has 1 aliphatic carbocycles. The van der Waals surface area contributed by atoms with Gasteiger partial charge in [0, 0.05) is 6.04 Å². The molecule has 144 valence electrons. The molecule has 0 fully saturated rings. The van der Waals surface area contributed by atoms with Crippen molar-refractivity contribution in [2.24, 2.45) is 0 Å². The van der Waals surface area contributed by atoms with Crippen LogP contribution < -0.4 is 14.8 Å². The lowest BCUT2D eigenvalue weighted by atomic mass is 10.1. The van der Waals surface area contributed by atoms with Gasteiger partial charge in [0.2, 0.25) is 0 Å². The Labute approximate surface area is 167 Å². The average molecular weight is 373 g/mol. The molecule has 3 aromatic carbocycles. The highest BCUT2D eigenvalue weighted by molar-refractivity contribution is 5.77. The van der Waals surface area contributed by atoms with Gasteiger partial charge in [-0.2, -0.15) is 0 Å². The lowest BCUT2D eigenvalue weighted by molar-refractivity contribution is 0.305. The Morgan fingerprint density at radius 3 is 2.64 bits per heavy atom. The summed E-state index contributed by atoms with van der Waals surface area (Å²) in [5.74, 6) is 1.86. The third kappa shape index (κ3) is 4.05. The third-order valence-corrected chi connectivity index (χ3v) is 5.40. The molecule has 28 heavy (non-hydrogen) atoms. The van der Waals surface area contributed by atoms with E-state index in [1.165, 1.54) is 27.8 Å². The van der Waals surface area contributed by atoms with Gasteiger partial charge in [0.1, 0.15) is 11.5 Å². The van der Waals surface area contributed by atoms with Crippen LogP contribution in [0.3, 0.4) is 0 Å². The molecule has 4 rings (SSSR count). The van der Waals surface area contributed by atoms with E-state index in [4.69, 9.17) is 9.47 Å². The van der Waals surface area contributed by atoms with Crippen LogP contribution in [0.25, 0.3) is 11.1 Å². The summed E-state index contributed by atoms with van der Waals surface area (Å²) in [5.41, 5.74) is 6.71. The number of hydrogen-bond donors (Lipinski definition) is 1. The Balaban J connectivity index is 1.24. The Hall–Kier alpha value is -2.78. The van der Waals surface area contributed by atoms with Gasteiger partial charge in [-0.05, 0) is 78.4 Å². The van der Waals surface area contributed by atoms with E-state index in [-0.39, 0.29) is 6.04 Å². The Bertz CT molecular complexity index is 951. The van der Waals surface area contributed by atoms with Crippen molar-refractivity contribution >= 4 is 0 Å². The summed E-state index contributed by atoms with van der Waals surface area (Å²) >= 11 is 0. The standard InChI is InChI=1S/C25H27NO2/c1-18(19-8-5-9-22(16-19)27-2)26-13-6-14-28-23-11-12-25-21(17-23)15-20-7-3-4-10-24(20)25/h3-5,7-12,16-18,26H,6,13-15H2,1-2H3/t18-/m1/s1. The fraction of sp³-hybridized carbons (Fsp3) is 0.280. The predicted octanol–water partition coefficient (Wildman–Crippen LogP) is 5.39. The number of nitrogens with one attached hydrogen (secondary N) is 1. The normalized spacial score (nSPS) is 12.9. The number of fused-ring (bicyclic) bond motifs is 3. The van der Waals surface area contributed by atoms with Crippen molar-refractivity contribution < 1.29 is 9.47 Å². The Morgan fingerprint density at radius 1 is 0.893 bits per heavy atom. The molecule has 0 aliphatic heterocycles. The zero-order valence-corrected chi connectivity index (χ0v) is 16.6. The third-order valence-electron chi connectivity index (χ3n) is 5.40. The summed E-state index contributed by atoms with van der Waals surface area (Å²) < 4.78 is 11.3. The van der Waals surface area contributed by atoms with E-state index in [0.717, 1.165) is 30.9 Å². The zero-order valence-electron chi connectivity index (χ0n) is 16.6. The molecule has 0 saturated carbocycles. The van der Waals surface area contributed by atoms with Gasteiger partial charge in [0.15, 0.2) is 0 Å². The first-order chi connectivity index (χ1) is 13.7. The van der Waals surface area contributed by atoms with Crippen LogP contribution in [0.5, 0.6) is 11.5 Å². The van der Waals surface area contributed by atoms with Crippen molar-refractivity contribution in [1.29, 1.82) is 0 Å². The van der Waals surface area contributed by atoms with E-state index >= 15 is 0 Å². The quantitative estimate of drug-likeness (QED) is 0.420. The van der Waals surface area contributed by atoms with Gasteiger partial charge in [-0.15, -0.1) is 0 Å². The minimum Gasteiger partial charge on any atom is -0.497 e. The fourth-order valence-electron chi connectivity index (χ4n) is 3.82. The predicted molar refractivity (Wildman–Crippen MR) is 114 cm³/mol. The van der Waals surface area contributed by atoms with Crippen LogP contribution in [-0.4, -0.2) is 20.3 Å². The molecule has 0 saturated heterocycles. The molecular weight excluding hydrogens is 346 g/mol. The van der Waals surface area contributed by atoms with Crippen molar-refractivity contribution in [1.82, 2.24) is 5.32 Å². The molecule has 1 atom stereocenters. The van der Waals surface area contributed by atoms with E-state index in [1.807, 2.05) is 12.1 Å². The summed E-state index contributed by atoms with van der Waals surface area (Å²) in [6.45, 7) is 3.80. The second-order valence-corrected chi connectivity index (χ2v) is 7.31. The molecule has 0 spiro atoms. The lowest BCUT2D eigenvalue weighted by Crippen LogP contribution is -2.21. The van der Waals surface area contributed by atoms with Crippen LogP contribution in [0.4, 0.5) is 0 Å². The molecular formula is C25H27NO2. The molecule has 0 amide bonds. The minimum atomic E-state index is 0.286. The second kappa shape index (κ2) is 8.49. The summed E-state index contributed by atoms with van der Waals surface area (Å²) in [7, 11) is 1.70. The van der Waals surface area contributed by atoms with Gasteiger partial charge in [0.05, 0.1) is 13.7 Å². The molecule has 0 aromatic heterocycles. The van der Waals surface area contributed by atoms with Crippen molar-refractivity contribution in [3.63, 3.8) is 0 Å². The zero-order chi connectivity index (χ0) is 19.3. The van der Waals surface area contributed by atoms with Crippen LogP contribution in [0.15, 0.2) is 66.7 Å². The van der Waals surface area contributed by atoms with Gasteiger partial charge in [-0.1, -0.05) is 42.5 Å². The van der Waals surface area contributed by atoms with Crippen LogP contribution in [0.1, 0.15) is 36.1 Å². The van der Waals surface area contributed by atoms with Gasteiger partial charge in [-0.25, -0.2) is 0 Å². The van der Waals surface area contributed by atoms with Gasteiger partial charge < -0.3 is 14.8 Å². The fourth-order valence-corrected chi connectivity index (χ4v) is 3.82. The molecule has 1 aliphatic rings. The number of hydrogen-bond acceptors (Lipinski definition) is 3. The summed E-state index contributed by atoms with van der Waals surface area (Å²) in [5, 5.41) is 3.55. The first kappa shape index (κ1) is 18.6. The molecule has 3 heteroatoms. The summed E-state index contributed by atoms with van der Waals surface area (Å²) in [6, 6.07) is 23.6. The molecule has 1 N–H and O–H groups in total. The maximum absolute atomic E-state index is 5.99. The summed E-state index contributed by atoms with van der Waals surface area (Å²) in [4.78, 5) is 0. The highest BCUT2D eigenvalue weighted by atomic mass is 16.5. The van der Waals surface area contributed by atoms with Gasteiger partial charge in [0.25, 0.3) is 0 Å². The molecule has 3 aromatic rings. The molecule has 0 heterocycles. The molecule has 0 radical (unpaired) electrons. The first-order valence-corrected chi connectivity index (χ1v) is 9.96. The van der Waals surface area contributed by atoms with E-state index < -0.39 is 0 Å². The SMILES string of the molecule is COc1cccc([C@@H](C)NCCCOc2ccc3c(c2)Cc2ccccc2-3)c1. The molecule has 0 unspecified atom stereocenters. The van der Waals surface area contributed by atoms with Crippen LogP contribution in [-0.2, 0) is 6.42 Å². The highest BCUT2D eigenvalue weighted by Crippen LogP contribution is 2.38. The van der Waals surface area contributed by atoms with Crippen molar-refractivity contribution in [2.75, 3.05) is 20.3 Å². The Morgan fingerprint density at radius 2 is 1.75 bits per heavy atom. The summed E-state index contributed by atoms with van der Waals surface area (Å²) in [6.07, 6.45) is 1.97. The first-order valence-electron chi connectivity index (χ1n) is 9.96. The topological polar surface area (TPSA) is 30.5 Å². The molecule has 0 bridgehead atoms. The van der Waals surface area contributed by atoms with E-state index in [2.05, 4.69) is 66.8 Å². The van der Waals surface area contributed by atoms with Crippen molar-refractivity contribution in [3.8, 4) is 22.6 Å².